The molecule has 0 aliphatic carbocycles. The van der Waals surface area contributed by atoms with E-state index >= 15 is 0 Å². The summed E-state index contributed by atoms with van der Waals surface area (Å²) < 4.78 is 5.61. The van der Waals surface area contributed by atoms with Crippen molar-refractivity contribution in [2.24, 2.45) is 0 Å². The third kappa shape index (κ3) is 4.67. The molecule has 4 nitrogen and oxygen atoms in total. The van der Waals surface area contributed by atoms with Crippen LogP contribution in [0.4, 0.5) is 0 Å². The fourth-order valence-corrected chi connectivity index (χ4v) is 4.86. The zero-order valence-electron chi connectivity index (χ0n) is 18.8. The number of benzene rings is 1. The molecule has 0 spiro atoms. The van der Waals surface area contributed by atoms with Gasteiger partial charge < -0.3 is 9.64 Å². The van der Waals surface area contributed by atoms with Crippen LogP contribution in [0.15, 0.2) is 48.0 Å². The van der Waals surface area contributed by atoms with Gasteiger partial charge in [-0.1, -0.05) is 26.8 Å². The second kappa shape index (κ2) is 8.83. The van der Waals surface area contributed by atoms with Gasteiger partial charge in [-0.3, -0.25) is 9.78 Å². The van der Waals surface area contributed by atoms with Gasteiger partial charge in [-0.2, -0.15) is 0 Å². The quantitative estimate of drug-likeness (QED) is 0.476. The first-order valence-corrected chi connectivity index (χ1v) is 11.8. The molecule has 31 heavy (non-hydrogen) atoms. The van der Waals surface area contributed by atoms with Gasteiger partial charge in [-0.15, -0.1) is 11.3 Å². The number of carbonyl (C=O) groups is 1. The van der Waals surface area contributed by atoms with Gasteiger partial charge in [-0.05, 0) is 71.7 Å². The van der Waals surface area contributed by atoms with Crippen LogP contribution in [-0.2, 0) is 5.41 Å². The van der Waals surface area contributed by atoms with Crippen molar-refractivity contribution >= 4 is 17.2 Å². The maximum Gasteiger partial charge on any atom is 0.257 e. The smallest absolute Gasteiger partial charge is 0.257 e. The number of thiophene rings is 1. The molecule has 5 heteroatoms. The lowest BCUT2D eigenvalue weighted by Crippen LogP contribution is -2.35. The van der Waals surface area contributed by atoms with Gasteiger partial charge in [0.1, 0.15) is 5.75 Å². The second-order valence-electron chi connectivity index (χ2n) is 9.15. The van der Waals surface area contributed by atoms with Crippen LogP contribution in [-0.4, -0.2) is 36.0 Å². The summed E-state index contributed by atoms with van der Waals surface area (Å²) in [4.78, 5) is 20.7. The van der Waals surface area contributed by atoms with Crippen LogP contribution in [0.25, 0.3) is 21.6 Å². The van der Waals surface area contributed by atoms with E-state index in [4.69, 9.17) is 4.74 Å². The number of rotatable bonds is 4. The molecule has 2 aromatic heterocycles. The zero-order chi connectivity index (χ0) is 22.0. The highest BCUT2D eigenvalue weighted by Gasteiger charge is 2.22. The highest BCUT2D eigenvalue weighted by Crippen LogP contribution is 2.36. The topological polar surface area (TPSA) is 42.4 Å². The van der Waals surface area contributed by atoms with Crippen molar-refractivity contribution in [2.45, 2.75) is 45.4 Å². The lowest BCUT2D eigenvalue weighted by Gasteiger charge is -2.27. The molecular formula is C26H30N2O2S. The predicted octanol–water partition coefficient (Wildman–Crippen LogP) is 6.41. The monoisotopic (exact) mass is 434 g/mol. The molecule has 1 saturated heterocycles. The van der Waals surface area contributed by atoms with Gasteiger partial charge >= 0.3 is 0 Å². The van der Waals surface area contributed by atoms with Crippen molar-refractivity contribution in [2.75, 3.05) is 20.2 Å². The van der Waals surface area contributed by atoms with E-state index in [-0.39, 0.29) is 11.3 Å². The number of methoxy groups -OCH3 is 1. The maximum atomic E-state index is 13.0. The standard InChI is InChI=1S/C26H30N2O2S/c1-26(2,3)24-16-19(10-11-27-24)23-15-20(17-31-23)18-8-9-21(22(14-18)30-4)25(29)28-12-6-5-7-13-28/h8-11,14-17H,5-7,12-13H2,1-4H3. The van der Waals surface area contributed by atoms with Gasteiger partial charge in [0.2, 0.25) is 0 Å². The van der Waals surface area contributed by atoms with E-state index in [9.17, 15) is 4.79 Å². The highest BCUT2D eigenvalue weighted by atomic mass is 32.1. The average Bonchev–Trinajstić information content (AvgIpc) is 3.29. The van der Waals surface area contributed by atoms with Crippen molar-refractivity contribution in [3.8, 4) is 27.3 Å². The van der Waals surface area contributed by atoms with E-state index in [0.29, 0.717) is 11.3 Å². The second-order valence-corrected chi connectivity index (χ2v) is 10.1. The number of hydrogen-bond acceptors (Lipinski definition) is 4. The van der Waals surface area contributed by atoms with E-state index in [1.807, 2.05) is 29.3 Å². The highest BCUT2D eigenvalue weighted by molar-refractivity contribution is 7.14. The number of pyridine rings is 1. The number of aromatic nitrogens is 1. The Morgan fingerprint density at radius 1 is 1.00 bits per heavy atom. The van der Waals surface area contributed by atoms with Crippen molar-refractivity contribution < 1.29 is 9.53 Å². The Hall–Kier alpha value is -2.66. The molecule has 0 atom stereocenters. The molecule has 3 aromatic rings. The average molecular weight is 435 g/mol. The summed E-state index contributed by atoms with van der Waals surface area (Å²) in [6.07, 6.45) is 5.25. The summed E-state index contributed by atoms with van der Waals surface area (Å²) in [6.45, 7) is 8.20. The number of amides is 1. The van der Waals surface area contributed by atoms with Crippen molar-refractivity contribution in [1.29, 1.82) is 0 Å². The van der Waals surface area contributed by atoms with Crippen LogP contribution in [0, 0.1) is 0 Å². The zero-order valence-corrected chi connectivity index (χ0v) is 19.6. The first-order valence-electron chi connectivity index (χ1n) is 10.9. The van der Waals surface area contributed by atoms with Gasteiger partial charge in [0.25, 0.3) is 5.91 Å². The molecule has 1 amide bonds. The lowest BCUT2D eigenvalue weighted by atomic mass is 9.90. The molecule has 1 fully saturated rings. The molecule has 162 valence electrons. The number of likely N-dealkylation sites (tertiary alicyclic amines) is 1. The third-order valence-electron chi connectivity index (χ3n) is 5.82. The Bertz CT molecular complexity index is 1080. The van der Waals surface area contributed by atoms with E-state index in [2.05, 4.69) is 49.3 Å². The summed E-state index contributed by atoms with van der Waals surface area (Å²) in [6, 6.07) is 12.4. The Labute approximate surface area is 188 Å². The Morgan fingerprint density at radius 2 is 1.77 bits per heavy atom. The van der Waals surface area contributed by atoms with Crippen molar-refractivity contribution in [3.63, 3.8) is 0 Å². The number of carbonyl (C=O) groups excluding carboxylic acids is 1. The minimum absolute atomic E-state index is 0.0141. The van der Waals surface area contributed by atoms with Gasteiger partial charge in [-0.25, -0.2) is 0 Å². The molecule has 3 heterocycles. The van der Waals surface area contributed by atoms with Crippen LogP contribution in [0.2, 0.25) is 0 Å². The molecule has 1 aliphatic rings. The number of ether oxygens (including phenoxy) is 1. The molecule has 0 bridgehead atoms. The van der Waals surface area contributed by atoms with Crippen LogP contribution in [0.5, 0.6) is 5.75 Å². The first kappa shape index (κ1) is 21.6. The fraction of sp³-hybridized carbons (Fsp3) is 0.385. The lowest BCUT2D eigenvalue weighted by molar-refractivity contribution is 0.0721. The maximum absolute atomic E-state index is 13.0. The van der Waals surface area contributed by atoms with E-state index in [1.165, 1.54) is 16.9 Å². The van der Waals surface area contributed by atoms with E-state index in [0.717, 1.165) is 42.8 Å². The van der Waals surface area contributed by atoms with Crippen LogP contribution < -0.4 is 4.74 Å². The molecule has 0 N–H and O–H groups in total. The minimum atomic E-state index is 0.0141. The predicted molar refractivity (Wildman–Crippen MR) is 128 cm³/mol. The van der Waals surface area contributed by atoms with Gasteiger partial charge in [0.15, 0.2) is 0 Å². The summed E-state index contributed by atoms with van der Waals surface area (Å²) in [5, 5.41) is 2.16. The Kier molecular flexibility index (Phi) is 6.15. The van der Waals surface area contributed by atoms with E-state index < -0.39 is 0 Å². The van der Waals surface area contributed by atoms with Gasteiger partial charge in [0.05, 0.1) is 12.7 Å². The van der Waals surface area contributed by atoms with Crippen molar-refractivity contribution in [1.82, 2.24) is 9.88 Å². The third-order valence-corrected chi connectivity index (χ3v) is 6.80. The van der Waals surface area contributed by atoms with E-state index in [1.54, 1.807) is 18.4 Å². The normalized spacial score (nSPS) is 14.5. The van der Waals surface area contributed by atoms with Crippen LogP contribution in [0.1, 0.15) is 56.1 Å². The van der Waals surface area contributed by atoms with Crippen LogP contribution in [0.3, 0.4) is 0 Å². The SMILES string of the molecule is COc1cc(-c2csc(-c3ccnc(C(C)(C)C)c3)c2)ccc1C(=O)N1CCCCC1. The molecule has 4 rings (SSSR count). The number of nitrogens with zero attached hydrogens (tertiary/aromatic N) is 2. The fourth-order valence-electron chi connectivity index (χ4n) is 3.95. The molecule has 1 aliphatic heterocycles. The summed E-state index contributed by atoms with van der Waals surface area (Å²) >= 11 is 1.72. The Balaban J connectivity index is 1.61. The van der Waals surface area contributed by atoms with Crippen LogP contribution >= 0.6 is 11.3 Å². The molecule has 0 unspecified atom stereocenters. The first-order chi connectivity index (χ1) is 14.9. The largest absolute Gasteiger partial charge is 0.496 e. The molecular weight excluding hydrogens is 404 g/mol. The Morgan fingerprint density at radius 3 is 2.48 bits per heavy atom. The number of piperidine rings is 1. The summed E-state index contributed by atoms with van der Waals surface area (Å²) in [7, 11) is 1.64. The molecule has 0 radical (unpaired) electrons. The number of hydrogen-bond donors (Lipinski definition) is 0. The minimum Gasteiger partial charge on any atom is -0.496 e. The van der Waals surface area contributed by atoms with Gasteiger partial charge in [0, 0.05) is 35.3 Å². The molecule has 0 saturated carbocycles. The van der Waals surface area contributed by atoms with Crippen molar-refractivity contribution in [3.05, 3.63) is 59.2 Å². The summed E-state index contributed by atoms with van der Waals surface area (Å²) in [5.41, 5.74) is 5.11. The summed E-state index contributed by atoms with van der Waals surface area (Å²) in [5.74, 6) is 0.709. The molecule has 1 aromatic carbocycles.